The van der Waals surface area contributed by atoms with E-state index in [0.29, 0.717) is 27.8 Å². The molecule has 0 aliphatic carbocycles. The molecule has 0 aliphatic rings. The summed E-state index contributed by atoms with van der Waals surface area (Å²) in [5.41, 5.74) is 4.48. The van der Waals surface area contributed by atoms with Crippen molar-refractivity contribution in [3.05, 3.63) is 90.5 Å². The van der Waals surface area contributed by atoms with Crippen molar-refractivity contribution >= 4 is 29.1 Å². The highest BCUT2D eigenvalue weighted by Gasteiger charge is 2.19. The van der Waals surface area contributed by atoms with Gasteiger partial charge in [-0.15, -0.1) is 10.2 Å². The lowest BCUT2D eigenvalue weighted by Gasteiger charge is -2.13. The number of nitrogens with one attached hydrogen (secondary N) is 1. The highest BCUT2D eigenvalue weighted by Crippen LogP contribution is 2.30. The molecule has 1 N–H and O–H groups in total. The molecule has 1 heterocycles. The standard InChI is InChI=1S/C26H22N4O2S/c1-17(31)19-13-15-22(16-14-19)27-25(32)18(2)33-26-28-23(20-9-5-3-6-10-20)24(29-30-26)21-11-7-4-8-12-21/h3-16,18H,1-2H3,(H,27,32)/t18-/m0/s1. The fraction of sp³-hybridized carbons (Fsp3) is 0.115. The molecule has 164 valence electrons. The van der Waals surface area contributed by atoms with Gasteiger partial charge in [-0.1, -0.05) is 72.4 Å². The van der Waals surface area contributed by atoms with Crippen molar-refractivity contribution < 1.29 is 9.59 Å². The van der Waals surface area contributed by atoms with E-state index in [4.69, 9.17) is 4.98 Å². The summed E-state index contributed by atoms with van der Waals surface area (Å²) in [7, 11) is 0. The van der Waals surface area contributed by atoms with Crippen LogP contribution in [0, 0.1) is 0 Å². The third-order valence-electron chi connectivity index (χ3n) is 4.97. The van der Waals surface area contributed by atoms with Crippen LogP contribution in [-0.2, 0) is 4.79 Å². The van der Waals surface area contributed by atoms with Crippen LogP contribution in [0.1, 0.15) is 24.2 Å². The van der Waals surface area contributed by atoms with E-state index in [2.05, 4.69) is 15.5 Å². The number of anilines is 1. The lowest BCUT2D eigenvalue weighted by molar-refractivity contribution is -0.115. The highest BCUT2D eigenvalue weighted by molar-refractivity contribution is 8.00. The SMILES string of the molecule is CC(=O)c1ccc(NC(=O)[C@H](C)Sc2nnc(-c3ccccc3)c(-c3ccccc3)n2)cc1. The van der Waals surface area contributed by atoms with Crippen molar-refractivity contribution in [2.24, 2.45) is 0 Å². The average molecular weight is 455 g/mol. The second-order valence-corrected chi connectivity index (χ2v) is 8.71. The maximum Gasteiger partial charge on any atom is 0.237 e. The van der Waals surface area contributed by atoms with Crippen LogP contribution in [-0.4, -0.2) is 32.1 Å². The van der Waals surface area contributed by atoms with Crippen molar-refractivity contribution in [2.75, 3.05) is 5.32 Å². The molecule has 0 unspecified atom stereocenters. The van der Waals surface area contributed by atoms with E-state index in [1.165, 1.54) is 18.7 Å². The number of ketones is 1. The van der Waals surface area contributed by atoms with Crippen LogP contribution in [0.2, 0.25) is 0 Å². The lowest BCUT2D eigenvalue weighted by Crippen LogP contribution is -2.22. The Morgan fingerprint density at radius 2 is 1.36 bits per heavy atom. The summed E-state index contributed by atoms with van der Waals surface area (Å²) in [6, 6.07) is 26.4. The van der Waals surface area contributed by atoms with Crippen LogP contribution >= 0.6 is 11.8 Å². The molecule has 4 rings (SSSR count). The minimum absolute atomic E-state index is 0.0189. The zero-order chi connectivity index (χ0) is 23.2. The van der Waals surface area contributed by atoms with Gasteiger partial charge < -0.3 is 5.32 Å². The zero-order valence-electron chi connectivity index (χ0n) is 18.2. The van der Waals surface area contributed by atoms with Gasteiger partial charge in [-0.2, -0.15) is 0 Å². The van der Waals surface area contributed by atoms with Gasteiger partial charge in [0.15, 0.2) is 5.78 Å². The molecule has 4 aromatic rings. The Hall–Kier alpha value is -3.84. The molecular weight excluding hydrogens is 432 g/mol. The number of nitrogens with zero attached hydrogens (tertiary/aromatic N) is 3. The maximum absolute atomic E-state index is 12.7. The molecule has 33 heavy (non-hydrogen) atoms. The number of hydrogen-bond acceptors (Lipinski definition) is 6. The Kier molecular flexibility index (Phi) is 6.90. The van der Waals surface area contributed by atoms with E-state index in [-0.39, 0.29) is 11.7 Å². The summed E-state index contributed by atoms with van der Waals surface area (Å²) in [5, 5.41) is 11.6. The first-order valence-corrected chi connectivity index (χ1v) is 11.3. The first kappa shape index (κ1) is 22.4. The van der Waals surface area contributed by atoms with Crippen LogP contribution in [0.15, 0.2) is 90.1 Å². The van der Waals surface area contributed by atoms with Crippen LogP contribution < -0.4 is 5.32 Å². The fourth-order valence-corrected chi connectivity index (χ4v) is 3.91. The number of Topliss-reactive ketones (excluding diaryl/α,β-unsaturated/α-hetero) is 1. The summed E-state index contributed by atoms with van der Waals surface area (Å²) in [5.74, 6) is -0.206. The molecule has 1 aromatic heterocycles. The fourth-order valence-electron chi connectivity index (χ4n) is 3.19. The summed E-state index contributed by atoms with van der Waals surface area (Å²) in [4.78, 5) is 28.9. The minimum atomic E-state index is -0.453. The number of rotatable bonds is 7. The quantitative estimate of drug-likeness (QED) is 0.292. The maximum atomic E-state index is 12.7. The smallest absolute Gasteiger partial charge is 0.237 e. The Balaban J connectivity index is 1.55. The molecule has 0 bridgehead atoms. The number of hydrogen-bond donors (Lipinski definition) is 1. The molecule has 0 fully saturated rings. The van der Waals surface area contributed by atoms with Crippen molar-refractivity contribution in [2.45, 2.75) is 24.3 Å². The molecular formula is C26H22N4O2S. The van der Waals surface area contributed by atoms with Gasteiger partial charge in [-0.05, 0) is 38.1 Å². The Bertz CT molecular complexity index is 1260. The van der Waals surface area contributed by atoms with Gasteiger partial charge in [0.1, 0.15) is 11.4 Å². The van der Waals surface area contributed by atoms with E-state index in [0.717, 1.165) is 11.1 Å². The van der Waals surface area contributed by atoms with Gasteiger partial charge in [0.05, 0.1) is 5.25 Å². The topological polar surface area (TPSA) is 84.8 Å². The molecule has 0 aliphatic heterocycles. The zero-order valence-corrected chi connectivity index (χ0v) is 19.0. The summed E-state index contributed by atoms with van der Waals surface area (Å²) in [6.45, 7) is 3.30. The van der Waals surface area contributed by atoms with Gasteiger partial charge in [-0.25, -0.2) is 4.98 Å². The predicted molar refractivity (Wildman–Crippen MR) is 131 cm³/mol. The predicted octanol–water partition coefficient (Wildman–Crippen LogP) is 5.53. The molecule has 1 amide bonds. The van der Waals surface area contributed by atoms with Gasteiger partial charge in [0.25, 0.3) is 0 Å². The number of aromatic nitrogens is 3. The minimum Gasteiger partial charge on any atom is -0.325 e. The van der Waals surface area contributed by atoms with E-state index in [1.807, 2.05) is 60.7 Å². The Labute approximate surface area is 196 Å². The summed E-state index contributed by atoms with van der Waals surface area (Å²) < 4.78 is 0. The van der Waals surface area contributed by atoms with Gasteiger partial charge >= 0.3 is 0 Å². The second-order valence-electron chi connectivity index (χ2n) is 7.41. The van der Waals surface area contributed by atoms with Crippen LogP contribution in [0.5, 0.6) is 0 Å². The molecule has 0 radical (unpaired) electrons. The van der Waals surface area contributed by atoms with Crippen molar-refractivity contribution in [3.63, 3.8) is 0 Å². The highest BCUT2D eigenvalue weighted by atomic mass is 32.2. The summed E-state index contributed by atoms with van der Waals surface area (Å²) >= 11 is 1.24. The first-order chi connectivity index (χ1) is 16.0. The number of carbonyl (C=O) groups excluding carboxylic acids is 2. The van der Waals surface area contributed by atoms with E-state index >= 15 is 0 Å². The van der Waals surface area contributed by atoms with E-state index in [1.54, 1.807) is 31.2 Å². The molecule has 3 aromatic carbocycles. The number of amides is 1. The average Bonchev–Trinajstić information content (AvgIpc) is 2.85. The second kappa shape index (κ2) is 10.2. The van der Waals surface area contributed by atoms with Crippen molar-refractivity contribution in [3.8, 4) is 22.5 Å². The number of carbonyl (C=O) groups is 2. The monoisotopic (exact) mass is 454 g/mol. The van der Waals surface area contributed by atoms with Gasteiger partial charge in [0.2, 0.25) is 11.1 Å². The van der Waals surface area contributed by atoms with E-state index < -0.39 is 5.25 Å². The summed E-state index contributed by atoms with van der Waals surface area (Å²) in [6.07, 6.45) is 0. The van der Waals surface area contributed by atoms with Gasteiger partial charge in [-0.3, -0.25) is 9.59 Å². The Morgan fingerprint density at radius 3 is 1.94 bits per heavy atom. The van der Waals surface area contributed by atoms with Crippen molar-refractivity contribution in [1.29, 1.82) is 0 Å². The van der Waals surface area contributed by atoms with Crippen LogP contribution in [0.25, 0.3) is 22.5 Å². The third-order valence-corrected chi connectivity index (χ3v) is 5.92. The number of thioether (sulfide) groups is 1. The number of benzene rings is 3. The van der Waals surface area contributed by atoms with Crippen LogP contribution in [0.3, 0.4) is 0 Å². The molecule has 0 saturated heterocycles. The Morgan fingerprint density at radius 1 is 0.788 bits per heavy atom. The molecule has 1 atom stereocenters. The van der Waals surface area contributed by atoms with E-state index in [9.17, 15) is 9.59 Å². The molecule has 0 spiro atoms. The van der Waals surface area contributed by atoms with Gasteiger partial charge in [0, 0.05) is 22.4 Å². The first-order valence-electron chi connectivity index (χ1n) is 10.5. The largest absolute Gasteiger partial charge is 0.325 e. The molecule has 7 heteroatoms. The normalized spacial score (nSPS) is 11.6. The van der Waals surface area contributed by atoms with Crippen molar-refractivity contribution in [1.82, 2.24) is 15.2 Å². The third kappa shape index (κ3) is 5.51. The molecule has 6 nitrogen and oxygen atoms in total. The van der Waals surface area contributed by atoms with Crippen LogP contribution in [0.4, 0.5) is 5.69 Å². The lowest BCUT2D eigenvalue weighted by atomic mass is 10.0. The molecule has 0 saturated carbocycles.